The van der Waals surface area contributed by atoms with Crippen molar-refractivity contribution in [1.82, 2.24) is 14.3 Å². The van der Waals surface area contributed by atoms with Crippen molar-refractivity contribution >= 4 is 38.3 Å². The molecule has 170 valence electrons. The first kappa shape index (κ1) is 20.5. The van der Waals surface area contributed by atoms with Crippen molar-refractivity contribution in [2.75, 3.05) is 38.2 Å². The summed E-state index contributed by atoms with van der Waals surface area (Å²) in [5.74, 6) is 0.692. The molecule has 2 aromatic carbocycles. The Balaban J connectivity index is 1.59. The van der Waals surface area contributed by atoms with E-state index in [0.717, 1.165) is 61.2 Å². The molecule has 0 unspecified atom stereocenters. The standard InChI is InChI=1S/C25H26N4O3S/c1-14-13-16(28-11-9-26-10-12-28)5-6-17(14)18-7-8-19-21(23(18)32-2)29(15-3-4-15)25-20(22(19)30)24(31)27-33-25/h5-8,13,15,26H,3-4,9-12H2,1-2H3,(H,27,31). The zero-order chi connectivity index (χ0) is 22.7. The lowest BCUT2D eigenvalue weighted by atomic mass is 9.96. The lowest BCUT2D eigenvalue weighted by molar-refractivity contribution is 0.419. The molecule has 1 saturated carbocycles. The van der Waals surface area contributed by atoms with E-state index in [1.54, 1.807) is 7.11 Å². The van der Waals surface area contributed by atoms with E-state index in [1.165, 1.54) is 17.2 Å². The van der Waals surface area contributed by atoms with Gasteiger partial charge in [0, 0.05) is 43.5 Å². The molecule has 7 nitrogen and oxygen atoms in total. The van der Waals surface area contributed by atoms with Gasteiger partial charge in [-0.2, -0.15) is 0 Å². The summed E-state index contributed by atoms with van der Waals surface area (Å²) in [5.41, 5.74) is 4.70. The van der Waals surface area contributed by atoms with E-state index in [4.69, 9.17) is 4.74 Å². The zero-order valence-electron chi connectivity index (χ0n) is 18.7. The lowest BCUT2D eigenvalue weighted by Crippen LogP contribution is -2.43. The van der Waals surface area contributed by atoms with E-state index >= 15 is 0 Å². The quantitative estimate of drug-likeness (QED) is 0.484. The molecule has 0 radical (unpaired) electrons. The average Bonchev–Trinajstić information content (AvgIpc) is 3.60. The van der Waals surface area contributed by atoms with Crippen molar-refractivity contribution < 1.29 is 4.74 Å². The SMILES string of the molecule is COc1c(-c2ccc(N3CCNCC3)cc2C)ccc2c(=O)c3c(=O)[nH]sc3n(C3CC3)c12. The number of ether oxygens (including phenoxy) is 1. The van der Waals surface area contributed by atoms with Crippen LogP contribution in [0.4, 0.5) is 5.69 Å². The van der Waals surface area contributed by atoms with Crippen LogP contribution >= 0.6 is 11.5 Å². The molecule has 2 aromatic heterocycles. The average molecular weight is 463 g/mol. The number of pyridine rings is 1. The number of H-pyrrole nitrogens is 1. The number of hydrogen-bond acceptors (Lipinski definition) is 6. The Morgan fingerprint density at radius 1 is 1.06 bits per heavy atom. The maximum Gasteiger partial charge on any atom is 0.271 e. The van der Waals surface area contributed by atoms with Gasteiger partial charge in [-0.1, -0.05) is 6.07 Å². The van der Waals surface area contributed by atoms with Gasteiger partial charge in [0.05, 0.1) is 18.0 Å². The molecule has 6 rings (SSSR count). The highest BCUT2D eigenvalue weighted by molar-refractivity contribution is 7.12. The second-order valence-corrected chi connectivity index (χ2v) is 9.72. The van der Waals surface area contributed by atoms with Gasteiger partial charge in [-0.05, 0) is 66.7 Å². The van der Waals surface area contributed by atoms with Crippen molar-refractivity contribution in [2.24, 2.45) is 0 Å². The Hall–Kier alpha value is -3.10. The first-order valence-corrected chi connectivity index (χ1v) is 12.2. The number of piperazine rings is 1. The number of nitrogens with zero attached hydrogens (tertiary/aromatic N) is 2. The number of rotatable bonds is 4. The molecule has 33 heavy (non-hydrogen) atoms. The second kappa shape index (κ2) is 7.74. The summed E-state index contributed by atoms with van der Waals surface area (Å²) in [6, 6.07) is 10.7. The molecule has 2 fully saturated rings. The molecule has 2 N–H and O–H groups in total. The van der Waals surface area contributed by atoms with E-state index < -0.39 is 0 Å². The molecule has 2 aliphatic rings. The van der Waals surface area contributed by atoms with Crippen LogP contribution in [-0.2, 0) is 0 Å². The summed E-state index contributed by atoms with van der Waals surface area (Å²) < 4.78 is 10.9. The monoisotopic (exact) mass is 462 g/mol. The van der Waals surface area contributed by atoms with Crippen LogP contribution in [0.15, 0.2) is 39.9 Å². The van der Waals surface area contributed by atoms with Gasteiger partial charge in [0.15, 0.2) is 5.75 Å². The number of methoxy groups -OCH3 is 1. The number of anilines is 1. The maximum atomic E-state index is 13.3. The molecule has 1 aliphatic carbocycles. The molecule has 1 aliphatic heterocycles. The largest absolute Gasteiger partial charge is 0.494 e. The molecule has 8 heteroatoms. The minimum atomic E-state index is -0.307. The van der Waals surface area contributed by atoms with Crippen LogP contribution in [0, 0.1) is 6.92 Å². The molecule has 0 spiro atoms. The molecule has 1 saturated heterocycles. The predicted molar refractivity (Wildman–Crippen MR) is 134 cm³/mol. The third-order valence-corrected chi connectivity index (χ3v) is 7.72. The molecule has 4 aromatic rings. The molecule has 3 heterocycles. The van der Waals surface area contributed by atoms with E-state index in [9.17, 15) is 9.59 Å². The van der Waals surface area contributed by atoms with Crippen LogP contribution in [-0.4, -0.2) is 42.2 Å². The van der Waals surface area contributed by atoms with Gasteiger partial charge in [-0.25, -0.2) is 0 Å². The highest BCUT2D eigenvalue weighted by Crippen LogP contribution is 2.45. The number of benzene rings is 2. The Labute approximate surface area is 194 Å². The van der Waals surface area contributed by atoms with Crippen molar-refractivity contribution in [1.29, 1.82) is 0 Å². The van der Waals surface area contributed by atoms with E-state index in [-0.39, 0.29) is 22.4 Å². The van der Waals surface area contributed by atoms with Crippen LogP contribution in [0.1, 0.15) is 24.4 Å². The van der Waals surface area contributed by atoms with Gasteiger partial charge in [-0.15, -0.1) is 0 Å². The topological polar surface area (TPSA) is 79.4 Å². The number of fused-ring (bicyclic) bond motifs is 2. The maximum absolute atomic E-state index is 13.3. The number of nitrogens with one attached hydrogen (secondary N) is 2. The summed E-state index contributed by atoms with van der Waals surface area (Å²) in [4.78, 5) is 28.8. The first-order valence-electron chi connectivity index (χ1n) is 11.4. The van der Waals surface area contributed by atoms with Gasteiger partial charge in [0.2, 0.25) is 5.43 Å². The number of aromatic nitrogens is 2. The van der Waals surface area contributed by atoms with Crippen LogP contribution in [0.5, 0.6) is 5.75 Å². The Morgan fingerprint density at radius 3 is 2.52 bits per heavy atom. The van der Waals surface area contributed by atoms with Crippen molar-refractivity contribution in [3.63, 3.8) is 0 Å². The molecule has 0 amide bonds. The summed E-state index contributed by atoms with van der Waals surface area (Å²) in [5, 5.41) is 4.19. The van der Waals surface area contributed by atoms with Gasteiger partial charge >= 0.3 is 0 Å². The summed E-state index contributed by atoms with van der Waals surface area (Å²) in [7, 11) is 1.66. The number of aromatic amines is 1. The molecular formula is C25H26N4O3S. The third kappa shape index (κ3) is 3.20. The van der Waals surface area contributed by atoms with Gasteiger partial charge in [0.25, 0.3) is 5.56 Å². The van der Waals surface area contributed by atoms with Crippen LogP contribution in [0.3, 0.4) is 0 Å². The van der Waals surface area contributed by atoms with Crippen molar-refractivity contribution in [3.8, 4) is 16.9 Å². The first-order chi connectivity index (χ1) is 16.1. The molecule has 0 bridgehead atoms. The fourth-order valence-electron chi connectivity index (χ4n) is 5.06. The summed E-state index contributed by atoms with van der Waals surface area (Å²) >= 11 is 1.24. The zero-order valence-corrected chi connectivity index (χ0v) is 19.6. The summed E-state index contributed by atoms with van der Waals surface area (Å²) in [6.45, 7) is 6.12. The van der Waals surface area contributed by atoms with E-state index in [2.05, 4.69) is 44.3 Å². The fourth-order valence-corrected chi connectivity index (χ4v) is 5.98. The van der Waals surface area contributed by atoms with Crippen molar-refractivity contribution in [2.45, 2.75) is 25.8 Å². The van der Waals surface area contributed by atoms with Crippen LogP contribution < -0.4 is 25.9 Å². The fraction of sp³-hybridized carbons (Fsp3) is 0.360. The third-order valence-electron chi connectivity index (χ3n) is 6.84. The minimum absolute atomic E-state index is 0.227. The van der Waals surface area contributed by atoms with E-state index in [0.29, 0.717) is 16.0 Å². The Kier molecular flexibility index (Phi) is 4.81. The van der Waals surface area contributed by atoms with Gasteiger partial charge in [-0.3, -0.25) is 14.0 Å². The lowest BCUT2D eigenvalue weighted by Gasteiger charge is -2.30. The van der Waals surface area contributed by atoms with E-state index in [1.807, 2.05) is 12.1 Å². The Bertz CT molecular complexity index is 1510. The number of hydrogen-bond donors (Lipinski definition) is 2. The molecule has 0 atom stereocenters. The van der Waals surface area contributed by atoms with Crippen LogP contribution in [0.2, 0.25) is 0 Å². The second-order valence-electron chi connectivity index (χ2n) is 8.92. The van der Waals surface area contributed by atoms with Gasteiger partial charge < -0.3 is 19.5 Å². The van der Waals surface area contributed by atoms with Crippen LogP contribution in [0.25, 0.3) is 32.2 Å². The smallest absolute Gasteiger partial charge is 0.271 e. The molecular weight excluding hydrogens is 436 g/mol. The highest BCUT2D eigenvalue weighted by Gasteiger charge is 2.31. The normalized spacial score (nSPS) is 16.6. The minimum Gasteiger partial charge on any atom is -0.494 e. The van der Waals surface area contributed by atoms with Crippen molar-refractivity contribution in [3.05, 3.63) is 56.5 Å². The van der Waals surface area contributed by atoms with Gasteiger partial charge in [0.1, 0.15) is 10.2 Å². The Morgan fingerprint density at radius 2 is 1.82 bits per heavy atom. The highest BCUT2D eigenvalue weighted by atomic mass is 32.1. The summed E-state index contributed by atoms with van der Waals surface area (Å²) in [6.07, 6.45) is 2.07. The number of aryl methyl sites for hydroxylation is 1. The predicted octanol–water partition coefficient (Wildman–Crippen LogP) is 3.63.